The molecule has 0 unspecified atom stereocenters. The van der Waals surface area contributed by atoms with Gasteiger partial charge in [-0.05, 0) is 36.7 Å². The summed E-state index contributed by atoms with van der Waals surface area (Å²) >= 11 is 1.51. The van der Waals surface area contributed by atoms with Crippen LogP contribution in [0, 0.1) is 0 Å². The maximum Gasteiger partial charge on any atom is 0.265 e. The predicted molar refractivity (Wildman–Crippen MR) is 104 cm³/mol. The minimum absolute atomic E-state index is 0.0876. The number of piperazine rings is 1. The molecule has 1 amide bonds. The van der Waals surface area contributed by atoms with Gasteiger partial charge in [-0.1, -0.05) is 18.2 Å². The largest absolute Gasteiger partial charge is 0.354 e. The van der Waals surface area contributed by atoms with E-state index in [0.29, 0.717) is 4.88 Å². The van der Waals surface area contributed by atoms with Gasteiger partial charge < -0.3 is 15.1 Å². The monoisotopic (exact) mass is 352 g/mol. The van der Waals surface area contributed by atoms with E-state index >= 15 is 0 Å². The van der Waals surface area contributed by atoms with Crippen LogP contribution >= 0.6 is 11.3 Å². The van der Waals surface area contributed by atoms with Crippen LogP contribution in [0.1, 0.15) is 9.67 Å². The zero-order valence-corrected chi connectivity index (χ0v) is 14.9. The number of nitrogens with zero attached hydrogens (tertiary/aromatic N) is 3. The Morgan fingerprint density at radius 2 is 1.92 bits per heavy atom. The first-order valence-electron chi connectivity index (χ1n) is 8.38. The number of carbonyl (C=O) groups excluding carboxylic acids is 1. The fourth-order valence-corrected chi connectivity index (χ4v) is 3.93. The minimum atomic E-state index is -0.0876. The summed E-state index contributed by atoms with van der Waals surface area (Å²) in [6, 6.07) is 13.9. The SMILES string of the molecule is CN1CCN(c2ccc(NC(=O)c3cc4ccccc4s3)cn2)CC1. The number of pyridine rings is 1. The van der Waals surface area contributed by atoms with E-state index in [-0.39, 0.29) is 5.91 Å². The molecule has 0 spiro atoms. The predicted octanol–water partition coefficient (Wildman–Crippen LogP) is 3.30. The number of rotatable bonds is 3. The van der Waals surface area contributed by atoms with Crippen LogP contribution in [0.15, 0.2) is 48.7 Å². The molecule has 2 aromatic heterocycles. The molecule has 5 nitrogen and oxygen atoms in total. The first-order valence-corrected chi connectivity index (χ1v) is 9.20. The van der Waals surface area contributed by atoms with Gasteiger partial charge in [-0.25, -0.2) is 4.98 Å². The molecular formula is C19H20N4OS. The summed E-state index contributed by atoms with van der Waals surface area (Å²) in [5, 5.41) is 4.04. The minimum Gasteiger partial charge on any atom is -0.354 e. The van der Waals surface area contributed by atoms with E-state index in [1.807, 2.05) is 42.5 Å². The van der Waals surface area contributed by atoms with Crippen molar-refractivity contribution in [1.29, 1.82) is 0 Å². The van der Waals surface area contributed by atoms with Gasteiger partial charge in [0.1, 0.15) is 5.82 Å². The quantitative estimate of drug-likeness (QED) is 0.786. The zero-order chi connectivity index (χ0) is 17.2. The summed E-state index contributed by atoms with van der Waals surface area (Å²) in [5.41, 5.74) is 0.723. The number of hydrogen-bond donors (Lipinski definition) is 1. The number of nitrogens with one attached hydrogen (secondary N) is 1. The number of benzene rings is 1. The Balaban J connectivity index is 1.44. The summed E-state index contributed by atoms with van der Waals surface area (Å²) in [6.45, 7) is 4.06. The molecule has 0 aliphatic carbocycles. The highest BCUT2D eigenvalue weighted by atomic mass is 32.1. The number of aromatic nitrogens is 1. The molecule has 1 fully saturated rings. The lowest BCUT2D eigenvalue weighted by atomic mass is 10.2. The Kier molecular flexibility index (Phi) is 4.38. The molecule has 1 aromatic carbocycles. The van der Waals surface area contributed by atoms with Crippen molar-refractivity contribution < 1.29 is 4.79 Å². The second kappa shape index (κ2) is 6.82. The van der Waals surface area contributed by atoms with E-state index in [0.717, 1.165) is 47.8 Å². The summed E-state index contributed by atoms with van der Waals surface area (Å²) in [6.07, 6.45) is 1.73. The number of hydrogen-bond acceptors (Lipinski definition) is 5. The van der Waals surface area contributed by atoms with Gasteiger partial charge in [0.25, 0.3) is 5.91 Å². The van der Waals surface area contributed by atoms with Crippen LogP contribution in [0.3, 0.4) is 0 Å². The Labute approximate surface area is 150 Å². The molecule has 3 aromatic rings. The van der Waals surface area contributed by atoms with Gasteiger partial charge in [0, 0.05) is 30.9 Å². The van der Waals surface area contributed by atoms with Gasteiger partial charge in [-0.3, -0.25) is 4.79 Å². The molecule has 4 rings (SSSR count). The van der Waals surface area contributed by atoms with E-state index in [4.69, 9.17) is 0 Å². The second-order valence-electron chi connectivity index (χ2n) is 6.30. The van der Waals surface area contributed by atoms with Crippen molar-refractivity contribution in [3.05, 3.63) is 53.5 Å². The lowest BCUT2D eigenvalue weighted by Gasteiger charge is -2.33. The summed E-state index contributed by atoms with van der Waals surface area (Å²) < 4.78 is 1.12. The van der Waals surface area contributed by atoms with E-state index in [1.54, 1.807) is 6.20 Å². The molecule has 1 saturated heterocycles. The molecule has 6 heteroatoms. The molecule has 128 valence electrons. The van der Waals surface area contributed by atoms with Crippen LogP contribution in [0.25, 0.3) is 10.1 Å². The normalized spacial score (nSPS) is 15.5. The highest BCUT2D eigenvalue weighted by Gasteiger charge is 2.15. The number of carbonyl (C=O) groups is 1. The Bertz CT molecular complexity index is 849. The average molecular weight is 352 g/mol. The van der Waals surface area contributed by atoms with Crippen LogP contribution < -0.4 is 10.2 Å². The standard InChI is InChI=1S/C19H20N4OS/c1-22-8-10-23(11-9-22)18-7-6-15(13-20-18)21-19(24)17-12-14-4-2-3-5-16(14)25-17/h2-7,12-13H,8-11H2,1H3,(H,21,24). The zero-order valence-electron chi connectivity index (χ0n) is 14.1. The van der Waals surface area contributed by atoms with Crippen molar-refractivity contribution in [3.63, 3.8) is 0 Å². The molecular weight excluding hydrogens is 332 g/mol. The van der Waals surface area contributed by atoms with Gasteiger partial charge in [-0.2, -0.15) is 0 Å². The number of anilines is 2. The molecule has 0 saturated carbocycles. The van der Waals surface area contributed by atoms with E-state index < -0.39 is 0 Å². The van der Waals surface area contributed by atoms with Gasteiger partial charge in [0.05, 0.1) is 16.8 Å². The van der Waals surface area contributed by atoms with Crippen molar-refractivity contribution in [2.24, 2.45) is 0 Å². The average Bonchev–Trinajstić information content (AvgIpc) is 3.07. The van der Waals surface area contributed by atoms with Crippen LogP contribution in [-0.4, -0.2) is 49.0 Å². The van der Waals surface area contributed by atoms with E-state index in [2.05, 4.69) is 27.1 Å². The number of fused-ring (bicyclic) bond motifs is 1. The molecule has 0 atom stereocenters. The van der Waals surface area contributed by atoms with Crippen molar-refractivity contribution in [2.45, 2.75) is 0 Å². The molecule has 0 radical (unpaired) electrons. The number of likely N-dealkylation sites (N-methyl/N-ethyl adjacent to an activating group) is 1. The third-order valence-corrected chi connectivity index (χ3v) is 5.60. The fourth-order valence-electron chi connectivity index (χ4n) is 2.97. The van der Waals surface area contributed by atoms with Crippen molar-refractivity contribution in [1.82, 2.24) is 9.88 Å². The summed E-state index contributed by atoms with van der Waals surface area (Å²) in [5.74, 6) is 0.878. The first kappa shape index (κ1) is 16.1. The Hall–Kier alpha value is -2.44. The van der Waals surface area contributed by atoms with Crippen LogP contribution in [-0.2, 0) is 0 Å². The molecule has 1 aliphatic heterocycles. The van der Waals surface area contributed by atoms with Crippen molar-refractivity contribution in [3.8, 4) is 0 Å². The third-order valence-electron chi connectivity index (χ3n) is 4.48. The smallest absolute Gasteiger partial charge is 0.265 e. The molecule has 1 aliphatic rings. The Morgan fingerprint density at radius 3 is 2.64 bits per heavy atom. The summed E-state index contributed by atoms with van der Waals surface area (Å²) in [4.78, 5) is 22.3. The van der Waals surface area contributed by atoms with Gasteiger partial charge in [0.15, 0.2) is 0 Å². The van der Waals surface area contributed by atoms with Crippen LogP contribution in [0.4, 0.5) is 11.5 Å². The third kappa shape index (κ3) is 3.50. The molecule has 3 heterocycles. The highest BCUT2D eigenvalue weighted by molar-refractivity contribution is 7.20. The topological polar surface area (TPSA) is 48.5 Å². The number of amides is 1. The lowest BCUT2D eigenvalue weighted by molar-refractivity contribution is 0.103. The number of thiophene rings is 1. The maximum atomic E-state index is 12.5. The van der Waals surface area contributed by atoms with Gasteiger partial charge >= 0.3 is 0 Å². The van der Waals surface area contributed by atoms with Crippen LogP contribution in [0.2, 0.25) is 0 Å². The Morgan fingerprint density at radius 1 is 1.12 bits per heavy atom. The maximum absolute atomic E-state index is 12.5. The molecule has 0 bridgehead atoms. The van der Waals surface area contributed by atoms with Crippen LogP contribution in [0.5, 0.6) is 0 Å². The second-order valence-corrected chi connectivity index (χ2v) is 7.38. The molecule has 25 heavy (non-hydrogen) atoms. The molecule has 1 N–H and O–H groups in total. The fraction of sp³-hybridized carbons (Fsp3) is 0.263. The first-order chi connectivity index (χ1) is 12.2. The van der Waals surface area contributed by atoms with Crippen molar-refractivity contribution >= 4 is 38.8 Å². The summed E-state index contributed by atoms with van der Waals surface area (Å²) in [7, 11) is 2.14. The lowest BCUT2D eigenvalue weighted by Crippen LogP contribution is -2.44. The van der Waals surface area contributed by atoms with Gasteiger partial charge in [0.2, 0.25) is 0 Å². The van der Waals surface area contributed by atoms with E-state index in [1.165, 1.54) is 11.3 Å². The van der Waals surface area contributed by atoms with E-state index in [9.17, 15) is 4.79 Å². The highest BCUT2D eigenvalue weighted by Crippen LogP contribution is 2.26. The van der Waals surface area contributed by atoms with Gasteiger partial charge in [-0.15, -0.1) is 11.3 Å². The van der Waals surface area contributed by atoms with Crippen molar-refractivity contribution in [2.75, 3.05) is 43.4 Å².